The van der Waals surface area contributed by atoms with Crippen molar-refractivity contribution in [2.75, 3.05) is 26.8 Å². The molecular weight excluding hydrogens is 354 g/mol. The first kappa shape index (κ1) is 20.4. The molecule has 1 aromatic carbocycles. The number of piperidine rings is 1. The Bertz CT molecular complexity index is 789. The van der Waals surface area contributed by atoms with E-state index in [0.29, 0.717) is 19.6 Å². The monoisotopic (exact) mass is 385 g/mol. The molecule has 6 heteroatoms. The van der Waals surface area contributed by atoms with Crippen LogP contribution in [0, 0.1) is 5.41 Å². The number of aromatic nitrogens is 2. The molecule has 2 aromatic rings. The van der Waals surface area contributed by atoms with E-state index in [1.165, 1.54) is 5.56 Å². The number of benzene rings is 1. The first-order valence-electron chi connectivity index (χ1n) is 10.1. The van der Waals surface area contributed by atoms with Crippen LogP contribution in [0.1, 0.15) is 37.8 Å². The zero-order valence-corrected chi connectivity index (χ0v) is 17.2. The predicted octanol–water partition coefficient (Wildman–Crippen LogP) is 3.30. The fourth-order valence-corrected chi connectivity index (χ4v) is 4.12. The molecule has 0 N–H and O–H groups in total. The van der Waals surface area contributed by atoms with Crippen LogP contribution in [-0.4, -0.2) is 47.5 Å². The second-order valence-electron chi connectivity index (χ2n) is 7.55. The van der Waals surface area contributed by atoms with Crippen molar-refractivity contribution in [3.63, 3.8) is 0 Å². The van der Waals surface area contributed by atoms with Crippen LogP contribution < -0.4 is 4.74 Å². The molecule has 1 atom stereocenters. The molecule has 0 unspecified atom stereocenters. The Morgan fingerprint density at radius 3 is 2.86 bits per heavy atom. The van der Waals surface area contributed by atoms with Crippen LogP contribution in [0.5, 0.6) is 5.75 Å². The summed E-state index contributed by atoms with van der Waals surface area (Å²) in [5, 5.41) is 4.37. The number of esters is 1. The van der Waals surface area contributed by atoms with Crippen molar-refractivity contribution in [2.45, 2.75) is 46.2 Å². The average molecular weight is 386 g/mol. The summed E-state index contributed by atoms with van der Waals surface area (Å²) >= 11 is 0. The van der Waals surface area contributed by atoms with E-state index in [1.54, 1.807) is 7.11 Å². The number of carbonyl (C=O) groups excluding carboxylic acids is 1. The van der Waals surface area contributed by atoms with Crippen molar-refractivity contribution in [1.82, 2.24) is 14.7 Å². The fourth-order valence-electron chi connectivity index (χ4n) is 4.12. The second kappa shape index (κ2) is 9.24. The standard InChI is InChI=1S/C22H31N3O3/c1-4-25-16-19(14-23-25)15-24-11-7-10-22(17-24,21(26)28-5-2)13-18-8-6-9-20(12-18)27-3/h6,8-9,12,14,16H,4-5,7,10-11,13,15,17H2,1-3H3/t22-/m0/s1. The van der Waals surface area contributed by atoms with Gasteiger partial charge in [0.15, 0.2) is 0 Å². The molecule has 0 aliphatic carbocycles. The number of hydrogen-bond donors (Lipinski definition) is 0. The van der Waals surface area contributed by atoms with Gasteiger partial charge in [-0.25, -0.2) is 0 Å². The topological polar surface area (TPSA) is 56.6 Å². The number of methoxy groups -OCH3 is 1. The van der Waals surface area contributed by atoms with Crippen LogP contribution in [0.4, 0.5) is 0 Å². The molecule has 3 rings (SSSR count). The zero-order valence-electron chi connectivity index (χ0n) is 17.2. The van der Waals surface area contributed by atoms with E-state index in [9.17, 15) is 4.79 Å². The molecule has 0 amide bonds. The Labute approximate surface area is 167 Å². The van der Waals surface area contributed by atoms with Crippen molar-refractivity contribution in [1.29, 1.82) is 0 Å². The van der Waals surface area contributed by atoms with Crippen molar-refractivity contribution in [3.8, 4) is 5.75 Å². The number of nitrogens with zero attached hydrogens (tertiary/aromatic N) is 3. The number of ether oxygens (including phenoxy) is 2. The third kappa shape index (κ3) is 4.73. The Hall–Kier alpha value is -2.34. The smallest absolute Gasteiger partial charge is 0.313 e. The third-order valence-electron chi connectivity index (χ3n) is 5.46. The quantitative estimate of drug-likeness (QED) is 0.653. The van der Waals surface area contributed by atoms with E-state index >= 15 is 0 Å². The average Bonchev–Trinajstić information content (AvgIpc) is 3.16. The Morgan fingerprint density at radius 1 is 1.29 bits per heavy atom. The van der Waals surface area contributed by atoms with Gasteiger partial charge in [0.2, 0.25) is 0 Å². The lowest BCUT2D eigenvalue weighted by Gasteiger charge is -2.41. The first-order valence-corrected chi connectivity index (χ1v) is 10.1. The van der Waals surface area contributed by atoms with E-state index in [2.05, 4.69) is 29.2 Å². The Kier molecular flexibility index (Phi) is 6.73. The van der Waals surface area contributed by atoms with Crippen LogP contribution in [0.15, 0.2) is 36.7 Å². The molecule has 1 aliphatic heterocycles. The van der Waals surface area contributed by atoms with E-state index < -0.39 is 5.41 Å². The van der Waals surface area contributed by atoms with Gasteiger partial charge in [0.1, 0.15) is 5.75 Å². The van der Waals surface area contributed by atoms with E-state index in [1.807, 2.05) is 36.0 Å². The van der Waals surface area contributed by atoms with E-state index in [4.69, 9.17) is 9.47 Å². The Balaban J connectivity index is 1.80. The highest BCUT2D eigenvalue weighted by Gasteiger charge is 2.43. The SMILES string of the molecule is CCOC(=O)[C@]1(Cc2cccc(OC)c2)CCCN(Cc2cnn(CC)c2)C1. The molecule has 152 valence electrons. The maximum Gasteiger partial charge on any atom is 0.313 e. The van der Waals surface area contributed by atoms with Gasteiger partial charge in [0.25, 0.3) is 0 Å². The number of hydrogen-bond acceptors (Lipinski definition) is 5. The minimum atomic E-state index is -0.526. The lowest BCUT2D eigenvalue weighted by atomic mass is 9.75. The van der Waals surface area contributed by atoms with Crippen LogP contribution in [0.3, 0.4) is 0 Å². The van der Waals surface area contributed by atoms with Crippen molar-refractivity contribution < 1.29 is 14.3 Å². The van der Waals surface area contributed by atoms with Gasteiger partial charge in [-0.15, -0.1) is 0 Å². The number of rotatable bonds is 8. The molecule has 28 heavy (non-hydrogen) atoms. The maximum atomic E-state index is 13.0. The first-order chi connectivity index (χ1) is 13.6. The molecule has 1 fully saturated rings. The summed E-state index contributed by atoms with van der Waals surface area (Å²) in [6.45, 7) is 7.70. The highest BCUT2D eigenvalue weighted by molar-refractivity contribution is 5.78. The minimum Gasteiger partial charge on any atom is -0.497 e. The molecule has 1 saturated heterocycles. The Morgan fingerprint density at radius 2 is 2.14 bits per heavy atom. The summed E-state index contributed by atoms with van der Waals surface area (Å²) < 4.78 is 12.8. The van der Waals surface area contributed by atoms with E-state index in [0.717, 1.165) is 43.8 Å². The number of likely N-dealkylation sites (tertiary alicyclic amines) is 1. The van der Waals surface area contributed by atoms with Gasteiger partial charge < -0.3 is 9.47 Å². The van der Waals surface area contributed by atoms with Gasteiger partial charge in [-0.05, 0) is 57.4 Å². The lowest BCUT2D eigenvalue weighted by molar-refractivity contribution is -0.159. The van der Waals surface area contributed by atoms with Gasteiger partial charge in [-0.2, -0.15) is 5.10 Å². The van der Waals surface area contributed by atoms with Crippen molar-refractivity contribution >= 4 is 5.97 Å². The second-order valence-corrected chi connectivity index (χ2v) is 7.55. The highest BCUT2D eigenvalue weighted by atomic mass is 16.5. The van der Waals surface area contributed by atoms with Gasteiger partial charge in [-0.1, -0.05) is 12.1 Å². The van der Waals surface area contributed by atoms with Gasteiger partial charge in [0.05, 0.1) is 25.3 Å². The summed E-state index contributed by atoms with van der Waals surface area (Å²) in [5.74, 6) is 0.725. The highest BCUT2D eigenvalue weighted by Crippen LogP contribution is 2.36. The molecular formula is C22H31N3O3. The fraction of sp³-hybridized carbons (Fsp3) is 0.545. The molecule has 1 aromatic heterocycles. The summed E-state index contributed by atoms with van der Waals surface area (Å²) in [4.78, 5) is 15.4. The third-order valence-corrected chi connectivity index (χ3v) is 5.46. The van der Waals surface area contributed by atoms with Crippen LogP contribution in [0.25, 0.3) is 0 Å². The molecule has 0 spiro atoms. The van der Waals surface area contributed by atoms with Crippen LogP contribution in [0.2, 0.25) is 0 Å². The number of carbonyl (C=O) groups is 1. The molecule has 2 heterocycles. The van der Waals surface area contributed by atoms with Crippen LogP contribution >= 0.6 is 0 Å². The van der Waals surface area contributed by atoms with Crippen LogP contribution in [-0.2, 0) is 29.0 Å². The predicted molar refractivity (Wildman–Crippen MR) is 108 cm³/mol. The summed E-state index contributed by atoms with van der Waals surface area (Å²) in [5.41, 5.74) is 1.76. The van der Waals surface area contributed by atoms with E-state index in [-0.39, 0.29) is 5.97 Å². The normalized spacial score (nSPS) is 20.1. The summed E-state index contributed by atoms with van der Waals surface area (Å²) in [6.07, 6.45) is 6.49. The van der Waals surface area contributed by atoms with Gasteiger partial charge in [0, 0.05) is 31.4 Å². The molecule has 0 saturated carbocycles. The maximum absolute atomic E-state index is 13.0. The van der Waals surface area contributed by atoms with Crippen molar-refractivity contribution in [2.24, 2.45) is 5.41 Å². The minimum absolute atomic E-state index is 0.0910. The van der Waals surface area contributed by atoms with Gasteiger partial charge in [-0.3, -0.25) is 14.4 Å². The molecule has 0 radical (unpaired) electrons. The van der Waals surface area contributed by atoms with Crippen molar-refractivity contribution in [3.05, 3.63) is 47.8 Å². The van der Waals surface area contributed by atoms with Gasteiger partial charge >= 0.3 is 5.97 Å². The molecule has 1 aliphatic rings. The summed E-state index contributed by atoms with van der Waals surface area (Å²) in [7, 11) is 1.67. The lowest BCUT2D eigenvalue weighted by Crippen LogP contribution is -2.49. The number of aryl methyl sites for hydroxylation is 1. The summed E-state index contributed by atoms with van der Waals surface area (Å²) in [6, 6.07) is 7.99. The largest absolute Gasteiger partial charge is 0.497 e. The molecule has 6 nitrogen and oxygen atoms in total. The molecule has 0 bridgehead atoms. The zero-order chi connectivity index (χ0) is 20.0.